The molecule has 0 unspecified atom stereocenters. The molecule has 0 radical (unpaired) electrons. The van der Waals surface area contributed by atoms with E-state index >= 15 is 0 Å². The van der Waals surface area contributed by atoms with Crippen LogP contribution in [0.1, 0.15) is 22.8 Å². The van der Waals surface area contributed by atoms with Crippen LogP contribution in [0.25, 0.3) is 0 Å². The Kier molecular flexibility index (Phi) is 6.83. The van der Waals surface area contributed by atoms with Gasteiger partial charge in [-0.25, -0.2) is 5.43 Å². The van der Waals surface area contributed by atoms with Crippen molar-refractivity contribution in [3.05, 3.63) is 50.4 Å². The van der Waals surface area contributed by atoms with Crippen LogP contribution in [0, 0.1) is 0 Å². The number of hydrogen-bond acceptors (Lipinski definition) is 5. The van der Waals surface area contributed by atoms with E-state index in [1.807, 2.05) is 6.92 Å². The Hall–Kier alpha value is -2.06. The second-order valence-corrected chi connectivity index (χ2v) is 6.41. The van der Waals surface area contributed by atoms with Gasteiger partial charge in [-0.1, -0.05) is 12.1 Å². The fraction of sp³-hybridized carbons (Fsp3) is 0.176. The molecule has 8 heteroatoms. The smallest absolute Gasteiger partial charge is 0.275 e. The number of rotatable bonds is 6. The summed E-state index contributed by atoms with van der Waals surface area (Å²) in [6, 6.07) is 8.46. The highest BCUT2D eigenvalue weighted by atomic mass is 79.9. The highest BCUT2D eigenvalue weighted by molar-refractivity contribution is 9.13. The third-order valence-electron chi connectivity index (χ3n) is 3.20. The van der Waals surface area contributed by atoms with Crippen LogP contribution < -0.4 is 14.9 Å². The number of halogens is 2. The van der Waals surface area contributed by atoms with Crippen LogP contribution >= 0.6 is 31.9 Å². The number of hydrogen-bond donors (Lipinski definition) is 2. The largest absolute Gasteiger partial charge is 0.504 e. The summed E-state index contributed by atoms with van der Waals surface area (Å²) in [5.41, 5.74) is 3.14. The van der Waals surface area contributed by atoms with E-state index in [0.717, 1.165) is 0 Å². The van der Waals surface area contributed by atoms with E-state index in [0.29, 0.717) is 38.2 Å². The van der Waals surface area contributed by atoms with Crippen molar-refractivity contribution >= 4 is 44.0 Å². The fourth-order valence-electron chi connectivity index (χ4n) is 2.04. The standard InChI is InChI=1S/C17H16Br2N2O4/c1-3-25-14-8-12(18)15(19)11(16(14)22)9-20-21-17(23)10-6-4-5-7-13(10)24-2/h4-9,22H,3H2,1-2H3,(H,21,23)/b20-9+. The van der Waals surface area contributed by atoms with Gasteiger partial charge in [-0.05, 0) is 57.0 Å². The van der Waals surface area contributed by atoms with Gasteiger partial charge in [0, 0.05) is 8.95 Å². The molecule has 0 saturated heterocycles. The molecule has 132 valence electrons. The molecule has 0 aliphatic rings. The van der Waals surface area contributed by atoms with Crippen molar-refractivity contribution in [1.82, 2.24) is 5.43 Å². The van der Waals surface area contributed by atoms with Gasteiger partial charge in [-0.3, -0.25) is 4.79 Å². The Morgan fingerprint density at radius 2 is 2.04 bits per heavy atom. The molecule has 0 heterocycles. The van der Waals surface area contributed by atoms with Crippen LogP contribution in [-0.4, -0.2) is 30.9 Å². The maximum absolute atomic E-state index is 12.2. The Balaban J connectivity index is 2.23. The molecule has 0 aromatic heterocycles. The Labute approximate surface area is 162 Å². The molecule has 1 amide bonds. The van der Waals surface area contributed by atoms with Crippen molar-refractivity contribution < 1.29 is 19.4 Å². The van der Waals surface area contributed by atoms with Crippen molar-refractivity contribution in [2.24, 2.45) is 5.10 Å². The number of ether oxygens (including phenoxy) is 2. The average Bonchev–Trinajstić information content (AvgIpc) is 2.62. The van der Waals surface area contributed by atoms with E-state index < -0.39 is 5.91 Å². The summed E-state index contributed by atoms with van der Waals surface area (Å²) in [6.07, 6.45) is 1.33. The predicted octanol–water partition coefficient (Wildman–Crippen LogP) is 4.09. The van der Waals surface area contributed by atoms with Crippen molar-refractivity contribution in [3.63, 3.8) is 0 Å². The highest BCUT2D eigenvalue weighted by Crippen LogP contribution is 2.39. The maximum atomic E-state index is 12.2. The minimum Gasteiger partial charge on any atom is -0.504 e. The summed E-state index contributed by atoms with van der Waals surface area (Å²) in [4.78, 5) is 12.2. The number of amides is 1. The molecule has 0 aliphatic carbocycles. The molecule has 0 spiro atoms. The van der Waals surface area contributed by atoms with Gasteiger partial charge in [0.1, 0.15) is 5.75 Å². The zero-order valence-corrected chi connectivity index (χ0v) is 16.7. The van der Waals surface area contributed by atoms with Crippen LogP contribution in [0.15, 0.2) is 44.4 Å². The van der Waals surface area contributed by atoms with Gasteiger partial charge in [0.15, 0.2) is 11.5 Å². The molecule has 25 heavy (non-hydrogen) atoms. The lowest BCUT2D eigenvalue weighted by Gasteiger charge is -2.11. The van der Waals surface area contributed by atoms with E-state index in [1.165, 1.54) is 13.3 Å². The van der Waals surface area contributed by atoms with Crippen LogP contribution in [-0.2, 0) is 0 Å². The number of nitrogens with one attached hydrogen (secondary N) is 1. The quantitative estimate of drug-likeness (QED) is 0.491. The number of hydrazone groups is 1. The first-order valence-corrected chi connectivity index (χ1v) is 8.88. The SMILES string of the molecule is CCOc1cc(Br)c(Br)c(/C=N/NC(=O)c2ccccc2OC)c1O. The van der Waals surface area contributed by atoms with Crippen molar-refractivity contribution in [1.29, 1.82) is 0 Å². The topological polar surface area (TPSA) is 80.2 Å². The van der Waals surface area contributed by atoms with Crippen LogP contribution in [0.5, 0.6) is 17.2 Å². The molecular weight excluding hydrogens is 456 g/mol. The summed E-state index contributed by atoms with van der Waals surface area (Å²) < 4.78 is 11.8. The molecule has 2 N–H and O–H groups in total. The summed E-state index contributed by atoms with van der Waals surface area (Å²) in [7, 11) is 1.49. The number of carbonyl (C=O) groups excluding carboxylic acids is 1. The highest BCUT2D eigenvalue weighted by Gasteiger charge is 2.15. The second-order valence-electron chi connectivity index (χ2n) is 4.77. The number of carbonyl (C=O) groups is 1. The molecule has 0 bridgehead atoms. The van der Waals surface area contributed by atoms with E-state index in [-0.39, 0.29) is 5.75 Å². The van der Waals surface area contributed by atoms with Crippen molar-refractivity contribution in [2.75, 3.05) is 13.7 Å². The summed E-state index contributed by atoms with van der Waals surface area (Å²) in [5, 5.41) is 14.2. The van der Waals surface area contributed by atoms with Gasteiger partial charge in [0.25, 0.3) is 5.91 Å². The normalized spacial score (nSPS) is 10.7. The number of methoxy groups -OCH3 is 1. The van der Waals surface area contributed by atoms with E-state index in [9.17, 15) is 9.90 Å². The molecule has 0 saturated carbocycles. The number of aromatic hydroxyl groups is 1. The second kappa shape index (κ2) is 8.87. The molecule has 2 rings (SSSR count). The Bertz CT molecular complexity index is 809. The number of phenolic OH excluding ortho intramolecular Hbond substituents is 1. The number of phenols is 1. The number of para-hydroxylation sites is 1. The first-order chi connectivity index (χ1) is 12.0. The van der Waals surface area contributed by atoms with E-state index in [1.54, 1.807) is 30.3 Å². The number of benzene rings is 2. The molecule has 0 aliphatic heterocycles. The first kappa shape index (κ1) is 19.3. The molecule has 0 atom stereocenters. The van der Waals surface area contributed by atoms with Crippen molar-refractivity contribution in [3.8, 4) is 17.2 Å². The lowest BCUT2D eigenvalue weighted by Crippen LogP contribution is -2.18. The van der Waals surface area contributed by atoms with Gasteiger partial charge in [-0.2, -0.15) is 5.10 Å². The van der Waals surface area contributed by atoms with Crippen LogP contribution in [0.4, 0.5) is 0 Å². The number of nitrogens with zero attached hydrogens (tertiary/aromatic N) is 1. The molecule has 0 fully saturated rings. The molecular formula is C17H16Br2N2O4. The molecule has 6 nitrogen and oxygen atoms in total. The van der Waals surface area contributed by atoms with E-state index in [2.05, 4.69) is 42.4 Å². The van der Waals surface area contributed by atoms with Gasteiger partial charge < -0.3 is 14.6 Å². The van der Waals surface area contributed by atoms with Gasteiger partial charge in [-0.15, -0.1) is 0 Å². The summed E-state index contributed by atoms with van der Waals surface area (Å²) >= 11 is 6.74. The lowest BCUT2D eigenvalue weighted by atomic mass is 10.2. The van der Waals surface area contributed by atoms with Crippen LogP contribution in [0.3, 0.4) is 0 Å². The van der Waals surface area contributed by atoms with Crippen molar-refractivity contribution in [2.45, 2.75) is 6.92 Å². The average molecular weight is 472 g/mol. The van der Waals surface area contributed by atoms with E-state index in [4.69, 9.17) is 9.47 Å². The van der Waals surface area contributed by atoms with Gasteiger partial charge in [0.2, 0.25) is 0 Å². The fourth-order valence-corrected chi connectivity index (χ4v) is 2.87. The van der Waals surface area contributed by atoms with Gasteiger partial charge >= 0.3 is 0 Å². The zero-order chi connectivity index (χ0) is 18.4. The lowest BCUT2D eigenvalue weighted by molar-refractivity contribution is 0.0952. The van der Waals surface area contributed by atoms with Crippen LogP contribution in [0.2, 0.25) is 0 Å². The molecule has 2 aromatic rings. The minimum atomic E-state index is -0.427. The third-order valence-corrected chi connectivity index (χ3v) is 5.22. The zero-order valence-electron chi connectivity index (χ0n) is 13.5. The van der Waals surface area contributed by atoms with Gasteiger partial charge in [0.05, 0.1) is 31.1 Å². The minimum absolute atomic E-state index is 0.0767. The Morgan fingerprint density at radius 3 is 2.72 bits per heavy atom. The summed E-state index contributed by atoms with van der Waals surface area (Å²) in [6.45, 7) is 2.22. The Morgan fingerprint density at radius 1 is 1.32 bits per heavy atom. The molecule has 2 aromatic carbocycles. The summed E-state index contributed by atoms with van der Waals surface area (Å²) in [5.74, 6) is 0.256. The first-order valence-electron chi connectivity index (χ1n) is 7.29. The predicted molar refractivity (Wildman–Crippen MR) is 103 cm³/mol. The third kappa shape index (κ3) is 4.52. The monoisotopic (exact) mass is 470 g/mol. The maximum Gasteiger partial charge on any atom is 0.275 e.